The van der Waals surface area contributed by atoms with Crippen molar-refractivity contribution in [3.05, 3.63) is 89.3 Å². The number of nitrogens with zero attached hydrogens (tertiary/aromatic N) is 3. The standard InChI is InChI=1S/C28H27N3O6/c1-4-35-20-12-11-18(15-21(20)36-5-2)25-23(27(33)28(34)31(25)16-19-9-8-14-37-19)26(32)24-17(3)29-22-10-6-7-13-30(22)24/h6-15,25,32H,4-5,16H2,1-3H3/b26-23+. The summed E-state index contributed by atoms with van der Waals surface area (Å²) >= 11 is 0. The summed E-state index contributed by atoms with van der Waals surface area (Å²) in [5.74, 6) is -0.278. The first-order valence-corrected chi connectivity index (χ1v) is 12.1. The van der Waals surface area contributed by atoms with E-state index in [9.17, 15) is 14.7 Å². The lowest BCUT2D eigenvalue weighted by Gasteiger charge is -2.25. The second-order valence-electron chi connectivity index (χ2n) is 8.55. The van der Waals surface area contributed by atoms with Crippen molar-refractivity contribution >= 4 is 23.1 Å². The summed E-state index contributed by atoms with van der Waals surface area (Å²) in [4.78, 5) is 32.7. The number of ketones is 1. The van der Waals surface area contributed by atoms with E-state index in [1.165, 1.54) is 11.2 Å². The third-order valence-corrected chi connectivity index (χ3v) is 6.26. The molecule has 3 aromatic heterocycles. The molecule has 0 aliphatic carbocycles. The van der Waals surface area contributed by atoms with E-state index in [2.05, 4.69) is 4.98 Å². The molecule has 1 unspecified atom stereocenters. The summed E-state index contributed by atoms with van der Waals surface area (Å²) in [6, 6.07) is 13.3. The van der Waals surface area contributed by atoms with Crippen LogP contribution in [0.4, 0.5) is 0 Å². The third-order valence-electron chi connectivity index (χ3n) is 6.26. The molecule has 5 rings (SSSR count). The van der Waals surface area contributed by atoms with E-state index in [4.69, 9.17) is 13.9 Å². The lowest BCUT2D eigenvalue weighted by atomic mass is 9.95. The normalized spacial score (nSPS) is 17.1. The number of furan rings is 1. The van der Waals surface area contributed by atoms with Gasteiger partial charge in [0.2, 0.25) is 0 Å². The maximum atomic E-state index is 13.5. The molecule has 1 N–H and O–H groups in total. The van der Waals surface area contributed by atoms with Crippen LogP contribution >= 0.6 is 0 Å². The second kappa shape index (κ2) is 9.85. The van der Waals surface area contributed by atoms with Crippen LogP contribution in [0.1, 0.15) is 42.6 Å². The van der Waals surface area contributed by atoms with E-state index in [1.54, 1.807) is 60.0 Å². The number of hydrogen-bond donors (Lipinski definition) is 1. The van der Waals surface area contributed by atoms with Crippen LogP contribution in [0, 0.1) is 6.92 Å². The van der Waals surface area contributed by atoms with Gasteiger partial charge in [-0.05, 0) is 62.7 Å². The first-order chi connectivity index (χ1) is 17.9. The Balaban J connectivity index is 1.72. The van der Waals surface area contributed by atoms with Gasteiger partial charge in [-0.25, -0.2) is 4.98 Å². The van der Waals surface area contributed by atoms with Gasteiger partial charge in [-0.2, -0.15) is 0 Å². The molecule has 1 aromatic carbocycles. The van der Waals surface area contributed by atoms with Crippen molar-refractivity contribution in [1.82, 2.24) is 14.3 Å². The SMILES string of the molecule is CCOc1ccc(C2/C(=C(\O)c3c(C)nc4ccccn34)C(=O)C(=O)N2Cc2ccco2)cc1OCC. The number of likely N-dealkylation sites (tertiary alicyclic amines) is 1. The molecule has 0 radical (unpaired) electrons. The molecule has 0 saturated carbocycles. The van der Waals surface area contributed by atoms with Gasteiger partial charge in [0.25, 0.3) is 11.7 Å². The smallest absolute Gasteiger partial charge is 0.296 e. The molecule has 1 aliphatic rings. The average molecular weight is 502 g/mol. The van der Waals surface area contributed by atoms with Gasteiger partial charge in [0.15, 0.2) is 17.3 Å². The number of aryl methyl sites for hydroxylation is 1. The third kappa shape index (κ3) is 4.22. The zero-order valence-corrected chi connectivity index (χ0v) is 20.8. The molecule has 9 heteroatoms. The Morgan fingerprint density at radius 1 is 1.05 bits per heavy atom. The summed E-state index contributed by atoms with van der Waals surface area (Å²) in [6.45, 7) is 6.38. The highest BCUT2D eigenvalue weighted by atomic mass is 16.5. The average Bonchev–Trinajstić information content (AvgIpc) is 3.58. The van der Waals surface area contributed by atoms with Crippen LogP contribution in [0.3, 0.4) is 0 Å². The predicted molar refractivity (Wildman–Crippen MR) is 135 cm³/mol. The van der Waals surface area contributed by atoms with E-state index in [-0.39, 0.29) is 17.9 Å². The molecule has 190 valence electrons. The van der Waals surface area contributed by atoms with E-state index >= 15 is 0 Å². The minimum absolute atomic E-state index is 0.0306. The number of carbonyl (C=O) groups is 2. The number of imidazole rings is 1. The van der Waals surface area contributed by atoms with Crippen molar-refractivity contribution < 1.29 is 28.6 Å². The van der Waals surface area contributed by atoms with E-state index in [0.717, 1.165) is 0 Å². The monoisotopic (exact) mass is 501 g/mol. The van der Waals surface area contributed by atoms with Gasteiger partial charge in [0.05, 0.1) is 43.3 Å². The van der Waals surface area contributed by atoms with E-state index in [0.29, 0.717) is 53.1 Å². The molecule has 1 saturated heterocycles. The van der Waals surface area contributed by atoms with Crippen LogP contribution in [0.2, 0.25) is 0 Å². The molecule has 1 fully saturated rings. The fraction of sp³-hybridized carbons (Fsp3) is 0.250. The number of Topliss-reactive ketones (excluding diaryl/α,β-unsaturated/α-hetero) is 1. The number of aliphatic hydroxyl groups excluding tert-OH is 1. The number of amides is 1. The van der Waals surface area contributed by atoms with Crippen molar-refractivity contribution in [1.29, 1.82) is 0 Å². The van der Waals surface area contributed by atoms with Gasteiger partial charge in [0, 0.05) is 6.20 Å². The number of benzene rings is 1. The molecule has 9 nitrogen and oxygen atoms in total. The summed E-state index contributed by atoms with van der Waals surface area (Å²) in [5.41, 5.74) is 2.05. The first-order valence-electron chi connectivity index (χ1n) is 12.1. The highest BCUT2D eigenvalue weighted by molar-refractivity contribution is 6.46. The molecule has 0 bridgehead atoms. The van der Waals surface area contributed by atoms with Crippen LogP contribution in [0.5, 0.6) is 11.5 Å². The Bertz CT molecular complexity index is 1500. The molecular weight excluding hydrogens is 474 g/mol. The van der Waals surface area contributed by atoms with Gasteiger partial charge in [-0.3, -0.25) is 14.0 Å². The topological polar surface area (TPSA) is 107 Å². The quantitative estimate of drug-likeness (QED) is 0.213. The largest absolute Gasteiger partial charge is 0.505 e. The summed E-state index contributed by atoms with van der Waals surface area (Å²) in [5, 5.41) is 11.6. The van der Waals surface area contributed by atoms with Gasteiger partial charge in [-0.1, -0.05) is 12.1 Å². The van der Waals surface area contributed by atoms with Crippen molar-refractivity contribution in [3.8, 4) is 11.5 Å². The van der Waals surface area contributed by atoms with Crippen molar-refractivity contribution in [2.75, 3.05) is 13.2 Å². The molecule has 0 spiro atoms. The maximum absolute atomic E-state index is 13.5. The molecule has 4 heterocycles. The molecule has 1 amide bonds. The van der Waals surface area contributed by atoms with Crippen LogP contribution in [0.15, 0.2) is 71.0 Å². The number of aliphatic hydroxyl groups is 1. The molecule has 37 heavy (non-hydrogen) atoms. The molecule has 4 aromatic rings. The minimum Gasteiger partial charge on any atom is -0.505 e. The van der Waals surface area contributed by atoms with E-state index in [1.807, 2.05) is 19.9 Å². The number of fused-ring (bicyclic) bond motifs is 1. The van der Waals surface area contributed by atoms with E-state index < -0.39 is 17.7 Å². The number of hydrogen-bond acceptors (Lipinski definition) is 7. The zero-order chi connectivity index (χ0) is 26.1. The highest BCUT2D eigenvalue weighted by Crippen LogP contribution is 2.43. The summed E-state index contributed by atoms with van der Waals surface area (Å²) in [7, 11) is 0. The zero-order valence-electron chi connectivity index (χ0n) is 20.8. The second-order valence-corrected chi connectivity index (χ2v) is 8.55. The summed E-state index contributed by atoms with van der Waals surface area (Å²) in [6.07, 6.45) is 3.26. The summed E-state index contributed by atoms with van der Waals surface area (Å²) < 4.78 is 18.7. The molecule has 1 atom stereocenters. The number of pyridine rings is 1. The Morgan fingerprint density at radius 2 is 1.84 bits per heavy atom. The van der Waals surface area contributed by atoms with Crippen molar-refractivity contribution in [2.45, 2.75) is 33.4 Å². The fourth-order valence-electron chi connectivity index (χ4n) is 4.72. The minimum atomic E-state index is -0.895. The van der Waals surface area contributed by atoms with Gasteiger partial charge in [-0.15, -0.1) is 0 Å². The number of aromatic nitrogens is 2. The van der Waals surface area contributed by atoms with Gasteiger partial charge in [0.1, 0.15) is 17.1 Å². The highest BCUT2D eigenvalue weighted by Gasteiger charge is 2.47. The maximum Gasteiger partial charge on any atom is 0.296 e. The van der Waals surface area contributed by atoms with Crippen LogP contribution in [-0.2, 0) is 16.1 Å². The van der Waals surface area contributed by atoms with Crippen LogP contribution in [0.25, 0.3) is 11.4 Å². The van der Waals surface area contributed by atoms with Crippen LogP contribution in [-0.4, -0.2) is 44.3 Å². The molecule has 1 aliphatic heterocycles. The first kappa shape index (κ1) is 24.2. The van der Waals surface area contributed by atoms with Gasteiger partial charge < -0.3 is 23.9 Å². The van der Waals surface area contributed by atoms with Crippen molar-refractivity contribution in [2.24, 2.45) is 0 Å². The Morgan fingerprint density at radius 3 is 2.57 bits per heavy atom. The Labute approximate surface area is 213 Å². The lowest BCUT2D eigenvalue weighted by Crippen LogP contribution is -2.29. The van der Waals surface area contributed by atoms with Crippen LogP contribution < -0.4 is 9.47 Å². The predicted octanol–water partition coefficient (Wildman–Crippen LogP) is 4.66. The Kier molecular flexibility index (Phi) is 6.43. The lowest BCUT2D eigenvalue weighted by molar-refractivity contribution is -0.140. The number of rotatable bonds is 8. The fourth-order valence-corrected chi connectivity index (χ4v) is 4.72. The van der Waals surface area contributed by atoms with Gasteiger partial charge >= 0.3 is 0 Å². The number of ether oxygens (including phenoxy) is 2. The van der Waals surface area contributed by atoms with Crippen molar-refractivity contribution in [3.63, 3.8) is 0 Å². The molecular formula is C28H27N3O6. The number of carbonyl (C=O) groups excluding carboxylic acids is 2. The Hall–Kier alpha value is -4.53.